The summed E-state index contributed by atoms with van der Waals surface area (Å²) < 4.78 is 21.9. The molecule has 114 valence electrons. The topological polar surface area (TPSA) is 52.9 Å². The first-order valence-corrected chi connectivity index (χ1v) is 6.89. The molecule has 0 fully saturated rings. The van der Waals surface area contributed by atoms with E-state index in [1.54, 1.807) is 20.5 Å². The summed E-state index contributed by atoms with van der Waals surface area (Å²) in [7, 11) is 3.20. The smallest absolute Gasteiger partial charge is 0.203 e. The van der Waals surface area contributed by atoms with E-state index < -0.39 is 0 Å². The number of hydrogen-bond acceptors (Lipinski definition) is 5. The fourth-order valence-corrected chi connectivity index (χ4v) is 2.01. The van der Waals surface area contributed by atoms with E-state index in [1.165, 1.54) is 0 Å². The Kier molecular flexibility index (Phi) is 5.51. The lowest BCUT2D eigenvalue weighted by atomic mass is 10.2. The molecule has 0 amide bonds. The molecule has 0 saturated heterocycles. The Balaban J connectivity index is 2.11. The summed E-state index contributed by atoms with van der Waals surface area (Å²) in [5, 5.41) is 3.27. The van der Waals surface area contributed by atoms with Crippen molar-refractivity contribution in [1.29, 1.82) is 0 Å². The molecule has 1 aromatic heterocycles. The molecule has 21 heavy (non-hydrogen) atoms. The van der Waals surface area contributed by atoms with Crippen LogP contribution in [0.3, 0.4) is 0 Å². The van der Waals surface area contributed by atoms with Gasteiger partial charge in [0.2, 0.25) is 5.75 Å². The van der Waals surface area contributed by atoms with Gasteiger partial charge < -0.3 is 23.9 Å². The predicted octanol–water partition coefficient (Wildman–Crippen LogP) is 2.99. The van der Waals surface area contributed by atoms with Crippen molar-refractivity contribution in [2.75, 3.05) is 20.8 Å². The molecule has 0 aliphatic carbocycles. The van der Waals surface area contributed by atoms with Crippen LogP contribution in [0, 0.1) is 0 Å². The van der Waals surface area contributed by atoms with E-state index in [1.807, 2.05) is 24.3 Å². The van der Waals surface area contributed by atoms with Crippen LogP contribution in [0.2, 0.25) is 0 Å². The second kappa shape index (κ2) is 7.59. The molecule has 1 N–H and O–H groups in total. The first-order chi connectivity index (χ1) is 10.3. The quantitative estimate of drug-likeness (QED) is 0.810. The van der Waals surface area contributed by atoms with Crippen molar-refractivity contribution in [2.45, 2.75) is 20.1 Å². The Hall–Kier alpha value is -2.14. The van der Waals surface area contributed by atoms with Crippen molar-refractivity contribution in [3.63, 3.8) is 0 Å². The molecular weight excluding hydrogens is 270 g/mol. The maximum absolute atomic E-state index is 5.84. The van der Waals surface area contributed by atoms with E-state index >= 15 is 0 Å². The largest absolute Gasteiger partial charge is 0.493 e. The van der Waals surface area contributed by atoms with Crippen LogP contribution in [0.1, 0.15) is 18.2 Å². The van der Waals surface area contributed by atoms with Crippen LogP contribution in [-0.2, 0) is 13.2 Å². The van der Waals surface area contributed by atoms with Crippen LogP contribution >= 0.6 is 0 Å². The third kappa shape index (κ3) is 3.70. The highest BCUT2D eigenvalue weighted by molar-refractivity contribution is 5.51. The summed E-state index contributed by atoms with van der Waals surface area (Å²) in [6, 6.07) is 7.47. The zero-order valence-electron chi connectivity index (χ0n) is 12.6. The number of methoxy groups -OCH3 is 2. The van der Waals surface area contributed by atoms with Crippen LogP contribution in [-0.4, -0.2) is 20.8 Å². The third-order valence-corrected chi connectivity index (χ3v) is 3.13. The third-order valence-electron chi connectivity index (χ3n) is 3.13. The molecule has 0 spiro atoms. The Morgan fingerprint density at radius 2 is 1.81 bits per heavy atom. The van der Waals surface area contributed by atoms with Crippen LogP contribution in [0.15, 0.2) is 34.9 Å². The van der Waals surface area contributed by atoms with Gasteiger partial charge in [-0.05, 0) is 24.7 Å². The fraction of sp³-hybridized carbons (Fsp3) is 0.375. The normalized spacial score (nSPS) is 10.4. The summed E-state index contributed by atoms with van der Waals surface area (Å²) in [5.41, 5.74) is 1.09. The van der Waals surface area contributed by atoms with Crippen molar-refractivity contribution in [3.05, 3.63) is 41.9 Å². The molecule has 0 unspecified atom stereocenters. The van der Waals surface area contributed by atoms with Crippen LogP contribution < -0.4 is 19.5 Å². The fourth-order valence-electron chi connectivity index (χ4n) is 2.01. The molecule has 2 rings (SSSR count). The highest BCUT2D eigenvalue weighted by atomic mass is 16.5. The molecule has 5 nitrogen and oxygen atoms in total. The lowest BCUT2D eigenvalue weighted by Gasteiger charge is -2.13. The lowest BCUT2D eigenvalue weighted by Crippen LogP contribution is -2.13. The van der Waals surface area contributed by atoms with E-state index in [4.69, 9.17) is 18.6 Å². The van der Waals surface area contributed by atoms with Gasteiger partial charge in [0.15, 0.2) is 11.5 Å². The zero-order chi connectivity index (χ0) is 15.1. The summed E-state index contributed by atoms with van der Waals surface area (Å²) in [6.07, 6.45) is 1.67. The molecule has 0 bridgehead atoms. The first kappa shape index (κ1) is 15.3. The number of hydrogen-bond donors (Lipinski definition) is 1. The molecule has 0 radical (unpaired) electrons. The number of ether oxygens (including phenoxy) is 3. The SMILES string of the molecule is CCNCc1ccoc1COc1c(OC)cccc1OC. The van der Waals surface area contributed by atoms with Crippen molar-refractivity contribution in [2.24, 2.45) is 0 Å². The maximum Gasteiger partial charge on any atom is 0.203 e. The lowest BCUT2D eigenvalue weighted by molar-refractivity contribution is 0.241. The van der Waals surface area contributed by atoms with Gasteiger partial charge >= 0.3 is 0 Å². The molecule has 0 aliphatic rings. The van der Waals surface area contributed by atoms with Crippen molar-refractivity contribution < 1.29 is 18.6 Å². The Morgan fingerprint density at radius 1 is 1.10 bits per heavy atom. The average Bonchev–Trinajstić information content (AvgIpc) is 2.97. The molecule has 0 atom stereocenters. The second-order valence-electron chi connectivity index (χ2n) is 4.43. The molecule has 2 aromatic rings. The van der Waals surface area contributed by atoms with E-state index in [9.17, 15) is 0 Å². The monoisotopic (exact) mass is 291 g/mol. The van der Waals surface area contributed by atoms with E-state index in [-0.39, 0.29) is 0 Å². The minimum absolute atomic E-state index is 0.324. The van der Waals surface area contributed by atoms with Crippen molar-refractivity contribution in [1.82, 2.24) is 5.32 Å². The molecule has 0 saturated carbocycles. The Bertz CT molecular complexity index is 543. The number of rotatable bonds is 8. The standard InChI is InChI=1S/C16H21NO4/c1-4-17-10-12-8-9-20-15(12)11-21-16-13(18-2)6-5-7-14(16)19-3/h5-9,17H,4,10-11H2,1-3H3. The highest BCUT2D eigenvalue weighted by Gasteiger charge is 2.13. The number of furan rings is 1. The van der Waals surface area contributed by atoms with Gasteiger partial charge in [-0.15, -0.1) is 0 Å². The number of benzene rings is 1. The van der Waals surface area contributed by atoms with Crippen LogP contribution in [0.5, 0.6) is 17.2 Å². The van der Waals surface area contributed by atoms with Gasteiger partial charge in [-0.1, -0.05) is 13.0 Å². The van der Waals surface area contributed by atoms with Gasteiger partial charge in [0.05, 0.1) is 20.5 Å². The number of nitrogens with one attached hydrogen (secondary N) is 1. The molecule has 1 heterocycles. The van der Waals surface area contributed by atoms with Crippen LogP contribution in [0.4, 0.5) is 0 Å². The molecular formula is C16H21NO4. The van der Waals surface area contributed by atoms with Gasteiger partial charge in [0.25, 0.3) is 0 Å². The zero-order valence-corrected chi connectivity index (χ0v) is 12.6. The summed E-state index contributed by atoms with van der Waals surface area (Å²) in [4.78, 5) is 0. The highest BCUT2D eigenvalue weighted by Crippen LogP contribution is 2.37. The van der Waals surface area contributed by atoms with Crippen LogP contribution in [0.25, 0.3) is 0 Å². The summed E-state index contributed by atoms with van der Waals surface area (Å²) in [6.45, 7) is 4.06. The summed E-state index contributed by atoms with van der Waals surface area (Å²) in [5.74, 6) is 2.64. The van der Waals surface area contributed by atoms with Crippen molar-refractivity contribution in [3.8, 4) is 17.2 Å². The number of para-hydroxylation sites is 1. The van der Waals surface area contributed by atoms with Gasteiger partial charge in [-0.2, -0.15) is 0 Å². The van der Waals surface area contributed by atoms with Gasteiger partial charge in [-0.3, -0.25) is 0 Å². The molecule has 0 aliphatic heterocycles. The predicted molar refractivity (Wildman–Crippen MR) is 80.0 cm³/mol. The maximum atomic E-state index is 5.84. The molecule has 5 heteroatoms. The van der Waals surface area contributed by atoms with Crippen molar-refractivity contribution >= 4 is 0 Å². The Labute approximate surface area is 124 Å². The molecule has 1 aromatic carbocycles. The average molecular weight is 291 g/mol. The Morgan fingerprint density at radius 3 is 2.43 bits per heavy atom. The summed E-state index contributed by atoms with van der Waals surface area (Å²) >= 11 is 0. The minimum Gasteiger partial charge on any atom is -0.493 e. The van der Waals surface area contributed by atoms with E-state index in [2.05, 4.69) is 12.2 Å². The minimum atomic E-state index is 0.324. The van der Waals surface area contributed by atoms with E-state index in [0.717, 1.165) is 24.4 Å². The van der Waals surface area contributed by atoms with Gasteiger partial charge in [0, 0.05) is 12.1 Å². The van der Waals surface area contributed by atoms with Gasteiger partial charge in [-0.25, -0.2) is 0 Å². The first-order valence-electron chi connectivity index (χ1n) is 6.89. The van der Waals surface area contributed by atoms with E-state index in [0.29, 0.717) is 23.9 Å². The second-order valence-corrected chi connectivity index (χ2v) is 4.43. The van der Waals surface area contributed by atoms with Gasteiger partial charge in [0.1, 0.15) is 12.4 Å².